The van der Waals surface area contributed by atoms with Crippen molar-refractivity contribution in [3.05, 3.63) is 0 Å². The molecule has 7 rings (SSSR count). The van der Waals surface area contributed by atoms with Crippen molar-refractivity contribution in [2.75, 3.05) is 13.7 Å². The van der Waals surface area contributed by atoms with E-state index in [-0.39, 0.29) is 18.1 Å². The van der Waals surface area contributed by atoms with E-state index in [1.54, 1.807) is 0 Å². The number of hydrogen-bond donors (Lipinski definition) is 1. The Hall–Kier alpha value is -1.24. The highest BCUT2D eigenvalue weighted by Crippen LogP contribution is 2.59. The molecule has 10 nitrogen and oxygen atoms in total. The third-order valence-electron chi connectivity index (χ3n) is 10.9. The quantitative estimate of drug-likeness (QED) is 0.347. The third-order valence-corrected chi connectivity index (χ3v) is 15.4. The summed E-state index contributed by atoms with van der Waals surface area (Å²) in [6.45, 7) is 14.7. The molecule has 4 aliphatic carbocycles. The van der Waals surface area contributed by atoms with Crippen LogP contribution in [0.2, 0.25) is 18.1 Å². The summed E-state index contributed by atoms with van der Waals surface area (Å²) >= 11 is 0. The van der Waals surface area contributed by atoms with Crippen LogP contribution in [0.4, 0.5) is 4.79 Å². The van der Waals surface area contributed by atoms with Crippen molar-refractivity contribution < 1.29 is 42.4 Å². The maximum atomic E-state index is 13.9. The van der Waals surface area contributed by atoms with Crippen LogP contribution in [-0.4, -0.2) is 81.7 Å². The zero-order valence-corrected chi connectivity index (χ0v) is 26.9. The Balaban J connectivity index is 1.39. The van der Waals surface area contributed by atoms with Gasteiger partial charge in [0, 0.05) is 6.42 Å². The average Bonchev–Trinajstić information content (AvgIpc) is 3.21. The van der Waals surface area contributed by atoms with Crippen LogP contribution >= 0.6 is 0 Å². The molecule has 0 unspecified atom stereocenters. The van der Waals surface area contributed by atoms with Gasteiger partial charge in [-0.3, -0.25) is 0 Å². The summed E-state index contributed by atoms with van der Waals surface area (Å²) in [5, 5.41) is 2.88. The predicted molar refractivity (Wildman–Crippen MR) is 150 cm³/mol. The number of esters is 1. The minimum absolute atomic E-state index is 0.101. The molecule has 0 radical (unpaired) electrons. The molecule has 4 bridgehead atoms. The SMILES string of the molecule is COC(=O)[C@]1(OC23CC4CC(CC(C4)C2)C3)C[C@H](O[Si](C)(C)C(C)(C)C)[C@H]2NC(=O)O[C@H]([C@H]3COC(C)(C)O3)[C@@H]2O1. The summed E-state index contributed by atoms with van der Waals surface area (Å²) in [4.78, 5) is 26.8. The number of methoxy groups -OCH3 is 1. The van der Waals surface area contributed by atoms with Crippen molar-refractivity contribution in [1.29, 1.82) is 0 Å². The first-order chi connectivity index (χ1) is 19.0. The molecule has 11 heteroatoms. The molecule has 6 atom stereocenters. The lowest BCUT2D eigenvalue weighted by Crippen LogP contribution is -2.74. The first-order valence-electron chi connectivity index (χ1n) is 15.5. The topological polar surface area (TPSA) is 111 Å². The number of rotatable bonds is 6. The van der Waals surface area contributed by atoms with Crippen LogP contribution in [0.1, 0.15) is 79.6 Å². The lowest BCUT2D eigenvalue weighted by molar-refractivity contribution is -0.357. The summed E-state index contributed by atoms with van der Waals surface area (Å²) in [6, 6.07) is -0.569. The summed E-state index contributed by atoms with van der Waals surface area (Å²) in [7, 11) is -0.995. The molecular weight excluding hydrogens is 546 g/mol. The molecule has 3 saturated heterocycles. The number of ether oxygens (including phenoxy) is 6. The number of hydrogen-bond acceptors (Lipinski definition) is 9. The van der Waals surface area contributed by atoms with E-state index in [0.29, 0.717) is 17.8 Å². The van der Waals surface area contributed by atoms with Crippen LogP contribution in [0.3, 0.4) is 0 Å². The highest BCUT2D eigenvalue weighted by Gasteiger charge is 2.65. The first-order valence-corrected chi connectivity index (χ1v) is 18.4. The highest BCUT2D eigenvalue weighted by molar-refractivity contribution is 6.74. The molecule has 232 valence electrons. The number of carbonyl (C=O) groups is 2. The van der Waals surface area contributed by atoms with E-state index in [9.17, 15) is 9.59 Å². The number of nitrogens with one attached hydrogen (secondary N) is 1. The number of cyclic esters (lactones) is 1. The van der Waals surface area contributed by atoms with Crippen LogP contribution in [0.5, 0.6) is 0 Å². The summed E-state index contributed by atoms with van der Waals surface area (Å²) < 4.78 is 44.2. The molecular formula is C30H49NO9Si. The monoisotopic (exact) mass is 595 g/mol. The van der Waals surface area contributed by atoms with Gasteiger partial charge in [0.25, 0.3) is 5.79 Å². The molecule has 1 amide bonds. The normalized spacial score (nSPS) is 45.1. The van der Waals surface area contributed by atoms with E-state index in [1.165, 1.54) is 26.4 Å². The minimum atomic E-state index is -2.37. The van der Waals surface area contributed by atoms with Crippen LogP contribution in [0.25, 0.3) is 0 Å². The zero-order valence-electron chi connectivity index (χ0n) is 25.9. The van der Waals surface area contributed by atoms with Gasteiger partial charge >= 0.3 is 12.1 Å². The summed E-state index contributed by atoms with van der Waals surface area (Å²) in [5.74, 6) is -1.27. The molecule has 4 saturated carbocycles. The van der Waals surface area contributed by atoms with E-state index < -0.39 is 68.0 Å². The Bertz CT molecular complexity index is 1020. The molecule has 3 heterocycles. The summed E-state index contributed by atoms with van der Waals surface area (Å²) in [6.07, 6.45) is 3.30. The van der Waals surface area contributed by atoms with Gasteiger partial charge in [0.2, 0.25) is 0 Å². The van der Waals surface area contributed by atoms with Crippen molar-refractivity contribution in [1.82, 2.24) is 5.32 Å². The van der Waals surface area contributed by atoms with Gasteiger partial charge < -0.3 is 38.2 Å². The Morgan fingerprint density at radius 1 is 0.976 bits per heavy atom. The zero-order chi connectivity index (χ0) is 29.6. The maximum absolute atomic E-state index is 13.9. The Labute approximate surface area is 244 Å². The van der Waals surface area contributed by atoms with Gasteiger partial charge in [-0.15, -0.1) is 0 Å². The third kappa shape index (κ3) is 5.37. The standard InChI is InChI=1S/C30H49NO9Si/c1-27(2,3)41(7,8)39-20-15-30(25(32)34-6,40-29-12-17-9-18(13-29)11-19(10-17)14-29)38-24-22(20)31-26(33)36-23(24)21-16-35-28(4,5)37-21/h17-24H,9-16H2,1-8H3,(H,31,33)/t17?,18?,19?,20-,21+,22+,23+,24+,29?,30+/m0/s1. The number of fused-ring (bicyclic) bond motifs is 1. The number of alkyl carbamates (subject to hydrolysis) is 1. The van der Waals surface area contributed by atoms with Crippen LogP contribution < -0.4 is 5.32 Å². The average molecular weight is 596 g/mol. The van der Waals surface area contributed by atoms with E-state index in [1.807, 2.05) is 13.8 Å². The van der Waals surface area contributed by atoms with E-state index in [4.69, 9.17) is 32.8 Å². The molecule has 7 fully saturated rings. The van der Waals surface area contributed by atoms with Crippen LogP contribution in [-0.2, 0) is 37.6 Å². The van der Waals surface area contributed by atoms with Crippen LogP contribution in [0, 0.1) is 17.8 Å². The lowest BCUT2D eigenvalue weighted by Gasteiger charge is -2.60. The largest absolute Gasteiger partial charge is 0.465 e. The molecule has 41 heavy (non-hydrogen) atoms. The van der Waals surface area contributed by atoms with Gasteiger partial charge in [0.15, 0.2) is 20.2 Å². The van der Waals surface area contributed by atoms with Gasteiger partial charge in [-0.1, -0.05) is 20.8 Å². The minimum Gasteiger partial charge on any atom is -0.465 e. The Morgan fingerprint density at radius 2 is 1.59 bits per heavy atom. The molecule has 3 aliphatic heterocycles. The van der Waals surface area contributed by atoms with Gasteiger partial charge in [-0.25, -0.2) is 9.59 Å². The van der Waals surface area contributed by atoms with Gasteiger partial charge in [0.1, 0.15) is 12.2 Å². The highest BCUT2D eigenvalue weighted by atomic mass is 28.4. The van der Waals surface area contributed by atoms with Crippen molar-refractivity contribution in [2.45, 2.75) is 145 Å². The molecule has 0 aromatic rings. The first kappa shape index (κ1) is 29.8. The van der Waals surface area contributed by atoms with E-state index in [2.05, 4.69) is 39.2 Å². The summed E-state index contributed by atoms with van der Waals surface area (Å²) in [5.41, 5.74) is -0.444. The predicted octanol–water partition coefficient (Wildman–Crippen LogP) is 4.65. The van der Waals surface area contributed by atoms with E-state index >= 15 is 0 Å². The Kier molecular flexibility index (Phi) is 7.19. The molecule has 0 spiro atoms. The molecule has 0 aromatic heterocycles. The van der Waals surface area contributed by atoms with E-state index in [0.717, 1.165) is 19.3 Å². The second-order valence-corrected chi connectivity index (χ2v) is 20.3. The van der Waals surface area contributed by atoms with Gasteiger partial charge in [-0.2, -0.15) is 0 Å². The van der Waals surface area contributed by atoms with Gasteiger partial charge in [0.05, 0.1) is 31.5 Å². The second-order valence-electron chi connectivity index (χ2n) is 15.6. The fraction of sp³-hybridized carbons (Fsp3) is 0.933. The second kappa shape index (κ2) is 9.89. The lowest BCUT2D eigenvalue weighted by atomic mass is 9.54. The van der Waals surface area contributed by atoms with Crippen molar-refractivity contribution >= 4 is 20.4 Å². The van der Waals surface area contributed by atoms with Crippen molar-refractivity contribution in [3.8, 4) is 0 Å². The molecule has 0 aromatic carbocycles. The maximum Gasteiger partial charge on any atom is 0.408 e. The molecule has 7 aliphatic rings. The van der Waals surface area contributed by atoms with Gasteiger partial charge in [-0.05, 0) is 88.3 Å². The fourth-order valence-corrected chi connectivity index (χ4v) is 9.83. The smallest absolute Gasteiger partial charge is 0.408 e. The number of carbonyl (C=O) groups excluding carboxylic acids is 2. The van der Waals surface area contributed by atoms with Crippen LogP contribution in [0.15, 0.2) is 0 Å². The van der Waals surface area contributed by atoms with Crippen molar-refractivity contribution in [2.24, 2.45) is 17.8 Å². The fourth-order valence-electron chi connectivity index (χ4n) is 8.49. The number of amides is 1. The van der Waals surface area contributed by atoms with Crippen molar-refractivity contribution in [3.63, 3.8) is 0 Å². The molecule has 1 N–H and O–H groups in total. The Morgan fingerprint density at radius 3 is 2.10 bits per heavy atom.